The number of alkyl halides is 3. The van der Waals surface area contributed by atoms with Crippen LogP contribution in [0, 0.1) is 29.6 Å². The van der Waals surface area contributed by atoms with Gasteiger partial charge in [-0.3, -0.25) is 4.74 Å². The third-order valence-electron chi connectivity index (χ3n) is 8.59. The van der Waals surface area contributed by atoms with E-state index >= 15 is 0 Å². The van der Waals surface area contributed by atoms with Crippen LogP contribution in [-0.4, -0.2) is 6.36 Å². The number of halogens is 3. The van der Waals surface area contributed by atoms with Crippen molar-refractivity contribution in [3.05, 3.63) is 35.4 Å². The summed E-state index contributed by atoms with van der Waals surface area (Å²) in [6.07, 6.45) is 10.4. The van der Waals surface area contributed by atoms with Crippen molar-refractivity contribution in [3.8, 4) is 0 Å². The number of unbranched alkanes of at least 4 members (excludes halogenated alkanes) is 3. The summed E-state index contributed by atoms with van der Waals surface area (Å²) in [7, 11) is 0. The topological polar surface area (TPSA) is 9.23 Å². The molecule has 2 saturated carbocycles. The summed E-state index contributed by atoms with van der Waals surface area (Å²) < 4.78 is 44.7. The molecule has 174 valence electrons. The molecule has 31 heavy (non-hydrogen) atoms. The number of fused-ring (bicyclic) bond motifs is 2. The van der Waals surface area contributed by atoms with E-state index in [9.17, 15) is 13.2 Å². The quantitative estimate of drug-likeness (QED) is 0.389. The second-order valence-electron chi connectivity index (χ2n) is 10.5. The largest absolute Gasteiger partial charge is 0.523 e. The van der Waals surface area contributed by atoms with Crippen LogP contribution in [0.15, 0.2) is 24.3 Å². The van der Waals surface area contributed by atoms with Crippen molar-refractivity contribution >= 4 is 0 Å². The lowest BCUT2D eigenvalue weighted by Crippen LogP contribution is -2.38. The van der Waals surface area contributed by atoms with E-state index in [4.69, 9.17) is 4.74 Å². The maximum absolute atomic E-state index is 13.3. The molecule has 3 aliphatic rings. The molecule has 0 aromatic heterocycles. The fourth-order valence-corrected chi connectivity index (χ4v) is 7.05. The molecule has 4 heteroatoms. The minimum atomic E-state index is -4.58. The molecule has 1 aromatic carbocycles. The SMILES string of the molecule is CCCCCCC1CCC2CC(C3CCc4ccccc4C3OC(F)(F)F)CCC2C1. The normalized spacial score (nSPS) is 33.5. The average Bonchev–Trinajstić information content (AvgIpc) is 2.76. The highest BCUT2D eigenvalue weighted by Crippen LogP contribution is 2.52. The maximum Gasteiger partial charge on any atom is 0.523 e. The first kappa shape index (κ1) is 23.1. The Morgan fingerprint density at radius 2 is 1.61 bits per heavy atom. The molecule has 0 aliphatic heterocycles. The van der Waals surface area contributed by atoms with Gasteiger partial charge in [0.15, 0.2) is 0 Å². The lowest BCUT2D eigenvalue weighted by molar-refractivity contribution is -0.354. The van der Waals surface area contributed by atoms with Gasteiger partial charge in [0, 0.05) is 0 Å². The number of ether oxygens (including phenoxy) is 1. The lowest BCUT2D eigenvalue weighted by Gasteiger charge is -2.46. The first-order valence-corrected chi connectivity index (χ1v) is 12.8. The molecule has 0 saturated heterocycles. The Morgan fingerprint density at radius 3 is 2.42 bits per heavy atom. The Morgan fingerprint density at radius 1 is 0.871 bits per heavy atom. The summed E-state index contributed by atoms with van der Waals surface area (Å²) in [6, 6.07) is 7.60. The van der Waals surface area contributed by atoms with Gasteiger partial charge in [-0.1, -0.05) is 69.7 Å². The second kappa shape index (κ2) is 10.3. The Balaban J connectivity index is 1.38. The van der Waals surface area contributed by atoms with Crippen molar-refractivity contribution in [2.24, 2.45) is 29.6 Å². The van der Waals surface area contributed by atoms with Gasteiger partial charge in [0.1, 0.15) is 0 Å². The van der Waals surface area contributed by atoms with Crippen LogP contribution in [0.5, 0.6) is 0 Å². The van der Waals surface area contributed by atoms with E-state index in [2.05, 4.69) is 6.92 Å². The van der Waals surface area contributed by atoms with Crippen molar-refractivity contribution in [1.82, 2.24) is 0 Å². The van der Waals surface area contributed by atoms with Gasteiger partial charge in [-0.25, -0.2) is 0 Å². The van der Waals surface area contributed by atoms with Gasteiger partial charge in [0.25, 0.3) is 0 Å². The number of rotatable bonds is 7. The summed E-state index contributed by atoms with van der Waals surface area (Å²) in [5.41, 5.74) is 1.80. The molecule has 4 rings (SSSR count). The van der Waals surface area contributed by atoms with Crippen molar-refractivity contribution in [1.29, 1.82) is 0 Å². The van der Waals surface area contributed by atoms with Crippen molar-refractivity contribution in [2.45, 2.75) is 103 Å². The number of hydrogen-bond donors (Lipinski definition) is 0. The predicted octanol–water partition coefficient (Wildman–Crippen LogP) is 8.63. The van der Waals surface area contributed by atoms with Gasteiger partial charge in [0.05, 0.1) is 6.10 Å². The zero-order chi connectivity index (χ0) is 21.8. The second-order valence-corrected chi connectivity index (χ2v) is 10.5. The van der Waals surface area contributed by atoms with Gasteiger partial charge in [-0.15, -0.1) is 13.2 Å². The fraction of sp³-hybridized carbons (Fsp3) is 0.778. The van der Waals surface area contributed by atoms with E-state index in [1.165, 1.54) is 57.8 Å². The van der Waals surface area contributed by atoms with Gasteiger partial charge in [0.2, 0.25) is 0 Å². The van der Waals surface area contributed by atoms with Gasteiger partial charge in [-0.2, -0.15) is 0 Å². The fourth-order valence-electron chi connectivity index (χ4n) is 7.05. The van der Waals surface area contributed by atoms with Crippen LogP contribution in [0.1, 0.15) is 101 Å². The molecule has 0 amide bonds. The third kappa shape index (κ3) is 5.86. The van der Waals surface area contributed by atoms with Crippen LogP contribution in [-0.2, 0) is 11.2 Å². The molecular weight excluding hydrogens is 397 g/mol. The molecule has 0 N–H and O–H groups in total. The molecule has 0 bridgehead atoms. The first-order chi connectivity index (χ1) is 14.9. The molecule has 3 aliphatic carbocycles. The van der Waals surface area contributed by atoms with Crippen molar-refractivity contribution in [3.63, 3.8) is 0 Å². The molecule has 1 nitrogen and oxygen atoms in total. The number of aryl methyl sites for hydroxylation is 1. The Hall–Kier alpha value is -1.03. The maximum atomic E-state index is 13.3. The first-order valence-electron chi connectivity index (χ1n) is 12.8. The Bertz CT molecular complexity index is 700. The zero-order valence-corrected chi connectivity index (χ0v) is 19.0. The van der Waals surface area contributed by atoms with E-state index < -0.39 is 12.5 Å². The Kier molecular flexibility index (Phi) is 7.67. The molecule has 0 heterocycles. The molecule has 0 radical (unpaired) electrons. The van der Waals surface area contributed by atoms with Gasteiger partial charge in [-0.05, 0) is 85.7 Å². The van der Waals surface area contributed by atoms with Crippen LogP contribution in [0.2, 0.25) is 0 Å². The minimum Gasteiger partial charge on any atom is -0.283 e. The van der Waals surface area contributed by atoms with E-state index in [0.29, 0.717) is 11.8 Å². The number of hydrogen-bond acceptors (Lipinski definition) is 1. The lowest BCUT2D eigenvalue weighted by atomic mass is 9.60. The van der Waals surface area contributed by atoms with Crippen LogP contribution in [0.3, 0.4) is 0 Å². The van der Waals surface area contributed by atoms with Crippen LogP contribution < -0.4 is 0 Å². The summed E-state index contributed by atoms with van der Waals surface area (Å²) in [5.74, 6) is 2.76. The van der Waals surface area contributed by atoms with Crippen molar-refractivity contribution in [2.75, 3.05) is 0 Å². The highest BCUT2D eigenvalue weighted by Gasteiger charge is 2.45. The zero-order valence-electron chi connectivity index (χ0n) is 19.0. The monoisotopic (exact) mass is 436 g/mol. The smallest absolute Gasteiger partial charge is 0.283 e. The average molecular weight is 437 g/mol. The van der Waals surface area contributed by atoms with Gasteiger partial charge >= 0.3 is 6.36 Å². The minimum absolute atomic E-state index is 0.00996. The van der Waals surface area contributed by atoms with E-state index in [0.717, 1.165) is 48.6 Å². The predicted molar refractivity (Wildman–Crippen MR) is 119 cm³/mol. The summed E-state index contributed by atoms with van der Waals surface area (Å²) >= 11 is 0. The van der Waals surface area contributed by atoms with Crippen molar-refractivity contribution < 1.29 is 17.9 Å². The molecule has 6 atom stereocenters. The summed E-state index contributed by atoms with van der Waals surface area (Å²) in [6.45, 7) is 2.26. The molecule has 2 fully saturated rings. The highest BCUT2D eigenvalue weighted by molar-refractivity contribution is 5.32. The van der Waals surface area contributed by atoms with Gasteiger partial charge < -0.3 is 0 Å². The Labute approximate surface area is 186 Å². The van der Waals surface area contributed by atoms with E-state index in [-0.39, 0.29) is 5.92 Å². The highest BCUT2D eigenvalue weighted by atomic mass is 19.4. The molecular formula is C27H39F3O. The van der Waals surface area contributed by atoms with Crippen LogP contribution in [0.25, 0.3) is 0 Å². The third-order valence-corrected chi connectivity index (χ3v) is 8.59. The van der Waals surface area contributed by atoms with E-state index in [1.807, 2.05) is 24.3 Å². The summed E-state index contributed by atoms with van der Waals surface area (Å²) in [5, 5.41) is 0. The summed E-state index contributed by atoms with van der Waals surface area (Å²) in [4.78, 5) is 0. The van der Waals surface area contributed by atoms with Crippen LogP contribution >= 0.6 is 0 Å². The number of benzene rings is 1. The molecule has 1 aromatic rings. The molecule has 6 unspecified atom stereocenters. The molecule has 0 spiro atoms. The standard InChI is InChI=1S/C27H39F3O/c1-2-3-4-5-8-19-11-12-22-18-23(14-13-21(22)17-19)25-16-15-20-9-6-7-10-24(20)26(25)31-27(28,29)30/h6-7,9-10,19,21-23,25-26H,2-5,8,11-18H2,1H3. The van der Waals surface area contributed by atoms with E-state index in [1.54, 1.807) is 0 Å². The van der Waals surface area contributed by atoms with Crippen LogP contribution in [0.4, 0.5) is 13.2 Å².